The van der Waals surface area contributed by atoms with E-state index in [1.807, 2.05) is 30.3 Å². The summed E-state index contributed by atoms with van der Waals surface area (Å²) in [5.41, 5.74) is 7.86. The second-order valence-corrected chi connectivity index (χ2v) is 6.48. The highest BCUT2D eigenvalue weighted by Crippen LogP contribution is 2.40. The molecule has 0 atom stereocenters. The molecule has 7 heteroatoms. The average molecular weight is 358 g/mol. The number of carbonyl (C=O) groups is 1. The second-order valence-electron chi connectivity index (χ2n) is 6.07. The van der Waals surface area contributed by atoms with Crippen LogP contribution in [0.2, 0.25) is 0 Å². The van der Waals surface area contributed by atoms with Crippen molar-refractivity contribution >= 4 is 34.1 Å². The summed E-state index contributed by atoms with van der Waals surface area (Å²) >= 11 is 5.16. The molecule has 0 spiro atoms. The first-order valence-electron chi connectivity index (χ1n) is 8.42. The molecule has 132 valence electrons. The Hall–Kier alpha value is -2.25. The van der Waals surface area contributed by atoms with Gasteiger partial charge in [0, 0.05) is 37.3 Å². The number of carbonyl (C=O) groups excluding carboxylic acids is 1. The highest BCUT2D eigenvalue weighted by atomic mass is 32.1. The molecule has 6 nitrogen and oxygen atoms in total. The van der Waals surface area contributed by atoms with E-state index in [-0.39, 0.29) is 5.91 Å². The first-order valence-corrected chi connectivity index (χ1v) is 8.82. The number of hydrazine groups is 1. The Balaban J connectivity index is 1.66. The lowest BCUT2D eigenvalue weighted by atomic mass is 10.1. The summed E-state index contributed by atoms with van der Waals surface area (Å²) in [6.07, 6.45) is 3.12. The first kappa shape index (κ1) is 17.6. The summed E-state index contributed by atoms with van der Waals surface area (Å²) in [5.74, 6) is 0.259. The summed E-state index contributed by atoms with van der Waals surface area (Å²) in [5, 5.41) is 4.23. The van der Waals surface area contributed by atoms with Crippen LogP contribution in [0.1, 0.15) is 41.2 Å². The Labute approximate surface area is 152 Å². The Morgan fingerprint density at radius 2 is 2.12 bits per heavy atom. The van der Waals surface area contributed by atoms with Crippen molar-refractivity contribution in [2.45, 2.75) is 25.2 Å². The number of nitrogens with zero attached hydrogens (tertiary/aromatic N) is 1. The predicted molar refractivity (Wildman–Crippen MR) is 101 cm³/mol. The van der Waals surface area contributed by atoms with Crippen LogP contribution in [0.5, 0.6) is 0 Å². The number of para-hydroxylation sites is 1. The van der Waals surface area contributed by atoms with Crippen molar-refractivity contribution < 1.29 is 9.53 Å². The van der Waals surface area contributed by atoms with E-state index >= 15 is 0 Å². The van der Waals surface area contributed by atoms with E-state index < -0.39 is 0 Å². The molecule has 1 saturated carbocycles. The van der Waals surface area contributed by atoms with Gasteiger partial charge in [-0.15, -0.1) is 0 Å². The molecule has 1 aliphatic rings. The maximum absolute atomic E-state index is 12.6. The minimum atomic E-state index is -0.221. The van der Waals surface area contributed by atoms with Gasteiger partial charge in [0.25, 0.3) is 5.91 Å². The lowest BCUT2D eigenvalue weighted by molar-refractivity contribution is 0.0945. The highest BCUT2D eigenvalue weighted by molar-refractivity contribution is 7.80. The lowest BCUT2D eigenvalue weighted by Crippen LogP contribution is -2.47. The third kappa shape index (κ3) is 4.64. The molecule has 0 radical (unpaired) electrons. The van der Waals surface area contributed by atoms with E-state index in [0.717, 1.165) is 35.9 Å². The van der Waals surface area contributed by atoms with Crippen molar-refractivity contribution in [1.29, 1.82) is 0 Å². The molecule has 0 bridgehead atoms. The number of pyridine rings is 1. The van der Waals surface area contributed by atoms with Crippen LogP contribution in [0.4, 0.5) is 0 Å². The summed E-state index contributed by atoms with van der Waals surface area (Å²) in [6, 6.07) is 9.59. The molecule has 2 aromatic rings. The molecule has 0 aliphatic heterocycles. The van der Waals surface area contributed by atoms with Crippen molar-refractivity contribution in [3.8, 4) is 0 Å². The SMILES string of the molecule is COCCCNC(=S)NNC(=O)c1cc(C2CC2)nc2ccccc12. The number of fused-ring (bicyclic) bond motifs is 1. The average Bonchev–Trinajstić information content (AvgIpc) is 3.47. The van der Waals surface area contributed by atoms with Crippen LogP contribution in [0.3, 0.4) is 0 Å². The van der Waals surface area contributed by atoms with Gasteiger partial charge in [-0.3, -0.25) is 20.6 Å². The normalized spacial score (nSPS) is 13.5. The maximum Gasteiger partial charge on any atom is 0.270 e. The molecule has 3 rings (SSSR count). The Kier molecular flexibility index (Phi) is 5.78. The van der Waals surface area contributed by atoms with Crippen LogP contribution < -0.4 is 16.2 Å². The number of methoxy groups -OCH3 is 1. The van der Waals surface area contributed by atoms with Crippen molar-refractivity contribution in [1.82, 2.24) is 21.2 Å². The van der Waals surface area contributed by atoms with Crippen LogP contribution >= 0.6 is 12.2 Å². The minimum absolute atomic E-state index is 0.221. The smallest absolute Gasteiger partial charge is 0.270 e. The van der Waals surface area contributed by atoms with Gasteiger partial charge in [-0.1, -0.05) is 18.2 Å². The van der Waals surface area contributed by atoms with Crippen LogP contribution in [0.25, 0.3) is 10.9 Å². The molecular weight excluding hydrogens is 336 g/mol. The number of aromatic nitrogens is 1. The van der Waals surface area contributed by atoms with E-state index in [4.69, 9.17) is 17.0 Å². The van der Waals surface area contributed by atoms with Gasteiger partial charge in [0.15, 0.2) is 5.11 Å². The van der Waals surface area contributed by atoms with E-state index in [2.05, 4.69) is 21.2 Å². The molecule has 1 amide bonds. The molecule has 0 unspecified atom stereocenters. The molecule has 1 heterocycles. The number of hydrogen-bond donors (Lipinski definition) is 3. The molecule has 1 aromatic carbocycles. The van der Waals surface area contributed by atoms with Gasteiger partial charge >= 0.3 is 0 Å². The summed E-state index contributed by atoms with van der Waals surface area (Å²) in [7, 11) is 1.66. The molecule has 1 fully saturated rings. The monoisotopic (exact) mass is 358 g/mol. The van der Waals surface area contributed by atoms with E-state index in [1.54, 1.807) is 7.11 Å². The van der Waals surface area contributed by atoms with Crippen LogP contribution in [0, 0.1) is 0 Å². The minimum Gasteiger partial charge on any atom is -0.385 e. The van der Waals surface area contributed by atoms with E-state index in [9.17, 15) is 4.79 Å². The largest absolute Gasteiger partial charge is 0.385 e. The third-order valence-corrected chi connectivity index (χ3v) is 4.32. The number of rotatable bonds is 6. The van der Waals surface area contributed by atoms with E-state index in [0.29, 0.717) is 29.7 Å². The number of nitrogens with one attached hydrogen (secondary N) is 3. The highest BCUT2D eigenvalue weighted by Gasteiger charge is 2.26. The van der Waals surface area contributed by atoms with Crippen LogP contribution in [0.15, 0.2) is 30.3 Å². The van der Waals surface area contributed by atoms with Crippen LogP contribution in [-0.4, -0.2) is 36.3 Å². The maximum atomic E-state index is 12.6. The van der Waals surface area contributed by atoms with Gasteiger partial charge in [0.1, 0.15) is 0 Å². The van der Waals surface area contributed by atoms with Gasteiger partial charge in [-0.05, 0) is 43.6 Å². The van der Waals surface area contributed by atoms with E-state index in [1.165, 1.54) is 0 Å². The zero-order valence-corrected chi connectivity index (χ0v) is 15.0. The van der Waals surface area contributed by atoms with Gasteiger partial charge < -0.3 is 10.1 Å². The fourth-order valence-corrected chi connectivity index (χ4v) is 2.77. The molecule has 1 aromatic heterocycles. The number of ether oxygens (including phenoxy) is 1. The Bertz CT molecular complexity index is 777. The predicted octanol–water partition coefficient (Wildman–Crippen LogP) is 2.26. The topological polar surface area (TPSA) is 75.3 Å². The fraction of sp³-hybridized carbons (Fsp3) is 0.389. The molecule has 1 aliphatic carbocycles. The van der Waals surface area contributed by atoms with Gasteiger partial charge in [-0.25, -0.2) is 0 Å². The standard InChI is InChI=1S/C18H22N4O2S/c1-24-10-4-9-19-18(25)22-21-17(23)14-11-16(12-7-8-12)20-15-6-3-2-5-13(14)15/h2-3,5-6,11-12H,4,7-10H2,1H3,(H,21,23)(H2,19,22,25). The van der Waals surface area contributed by atoms with Gasteiger partial charge in [0.05, 0.1) is 11.1 Å². The number of amides is 1. The van der Waals surface area contributed by atoms with Crippen LogP contribution in [-0.2, 0) is 4.74 Å². The van der Waals surface area contributed by atoms with Gasteiger partial charge in [0.2, 0.25) is 0 Å². The van der Waals surface area contributed by atoms with Crippen molar-refractivity contribution in [3.05, 3.63) is 41.6 Å². The van der Waals surface area contributed by atoms with Crippen molar-refractivity contribution in [2.75, 3.05) is 20.3 Å². The quantitative estimate of drug-likeness (QED) is 0.418. The summed E-state index contributed by atoms with van der Waals surface area (Å²) in [4.78, 5) is 17.3. The number of benzene rings is 1. The van der Waals surface area contributed by atoms with Gasteiger partial charge in [-0.2, -0.15) is 0 Å². The number of thiocarbonyl (C=S) groups is 1. The second kappa shape index (κ2) is 8.22. The van der Waals surface area contributed by atoms with Crippen molar-refractivity contribution in [3.63, 3.8) is 0 Å². The molecule has 3 N–H and O–H groups in total. The number of hydrogen-bond acceptors (Lipinski definition) is 4. The first-order chi connectivity index (χ1) is 12.2. The Morgan fingerprint density at radius 1 is 1.32 bits per heavy atom. The molecular formula is C18H22N4O2S. The zero-order chi connectivity index (χ0) is 17.6. The zero-order valence-electron chi connectivity index (χ0n) is 14.2. The molecule has 0 saturated heterocycles. The summed E-state index contributed by atoms with van der Waals surface area (Å²) in [6.45, 7) is 1.34. The lowest BCUT2D eigenvalue weighted by Gasteiger charge is -2.13. The fourth-order valence-electron chi connectivity index (χ4n) is 2.62. The van der Waals surface area contributed by atoms with Crippen molar-refractivity contribution in [2.24, 2.45) is 0 Å². The Morgan fingerprint density at radius 3 is 2.88 bits per heavy atom. The molecule has 25 heavy (non-hydrogen) atoms. The third-order valence-electron chi connectivity index (χ3n) is 4.08. The summed E-state index contributed by atoms with van der Waals surface area (Å²) < 4.78 is 4.98.